The second-order valence-electron chi connectivity index (χ2n) is 9.59. The molecule has 0 amide bonds. The van der Waals surface area contributed by atoms with Crippen molar-refractivity contribution >= 4 is 20.2 Å². The van der Waals surface area contributed by atoms with Crippen LogP contribution in [0.2, 0.25) is 0 Å². The number of methoxy groups -OCH3 is 2. The van der Waals surface area contributed by atoms with Gasteiger partial charge in [-0.05, 0) is 12.8 Å². The van der Waals surface area contributed by atoms with Crippen LogP contribution in [-0.2, 0) is 58.1 Å². The third-order valence-electron chi connectivity index (χ3n) is 4.85. The Kier molecular flexibility index (Phi) is 23.2. The van der Waals surface area contributed by atoms with Crippen molar-refractivity contribution in [3.05, 3.63) is 0 Å². The summed E-state index contributed by atoms with van der Waals surface area (Å²) in [5, 5.41) is 0. The number of halogens is 20. The number of alkyl halides is 20. The molecule has 0 spiro atoms. The maximum absolute atomic E-state index is 13.1. The van der Waals surface area contributed by atoms with Crippen LogP contribution >= 0.6 is 0 Å². The van der Waals surface area contributed by atoms with E-state index in [9.17, 15) is 109 Å². The fourth-order valence-electron chi connectivity index (χ4n) is 2.41. The molecule has 0 aliphatic heterocycles. The fraction of sp³-hybridized carbons (Fsp3) is 1.00. The zero-order valence-corrected chi connectivity index (χ0v) is 32.5. The molecule has 0 aromatic heterocycles. The van der Waals surface area contributed by atoms with E-state index in [1.54, 1.807) is 0 Å². The second-order valence-corrected chi connectivity index (χ2v) is 12.7. The summed E-state index contributed by atoms with van der Waals surface area (Å²) in [6.07, 6.45) is -62.8. The number of rotatable bonds is 26. The second kappa shape index (κ2) is 21.7. The quantitative estimate of drug-likeness (QED) is 0.0577. The van der Waals surface area contributed by atoms with Crippen molar-refractivity contribution in [3.63, 3.8) is 0 Å². The molecule has 0 unspecified atom stereocenters. The van der Waals surface area contributed by atoms with Gasteiger partial charge >= 0.3 is 112 Å². The molecule has 0 aliphatic carbocycles. The van der Waals surface area contributed by atoms with Crippen LogP contribution in [-0.4, -0.2) is 139 Å². The van der Waals surface area contributed by atoms with Gasteiger partial charge in [-0.25, -0.2) is 27.4 Å². The van der Waals surface area contributed by atoms with Gasteiger partial charge in [-0.3, -0.25) is 4.55 Å². The van der Waals surface area contributed by atoms with Gasteiger partial charge in [0.2, 0.25) is 0 Å². The smallest absolute Gasteiger partial charge is 0.748 e. The molecule has 0 aromatic rings. The third-order valence-corrected chi connectivity index (χ3v) is 6.44. The average molecular weight is 971 g/mol. The molecule has 37 heteroatoms. The van der Waals surface area contributed by atoms with Gasteiger partial charge < -0.3 is 23.5 Å². The van der Waals surface area contributed by atoms with Crippen molar-refractivity contribution in [2.45, 2.75) is 73.9 Å². The minimum absolute atomic E-state index is 0. The first-order valence-corrected chi connectivity index (χ1v) is 16.3. The molecule has 0 saturated heterocycles. The van der Waals surface area contributed by atoms with Crippen LogP contribution < -0.4 is 51.4 Å². The largest absolute Gasteiger partial charge is 1.00 e. The predicted octanol–water partition coefficient (Wildman–Crippen LogP) is 2.51. The SMILES string of the molecule is COC(F)(F)C(F)(F)OC(F)(F)C(F)(F)OC(F)(F)COCCCS(=O)(=O)O.COC(F)(F)C(F)(F)OC(F)(F)C(F)(F)OC(F)(F)COCCCS(=O)(=O)[O-].[K+]. The van der Waals surface area contributed by atoms with Crippen molar-refractivity contribution in [3.8, 4) is 0 Å². The maximum Gasteiger partial charge on any atom is 1.00 e. The molecule has 1 N–H and O–H groups in total. The Morgan fingerprint density at radius 1 is 0.456 bits per heavy atom. The zero-order valence-electron chi connectivity index (χ0n) is 27.8. The minimum Gasteiger partial charge on any atom is -0.748 e. The van der Waals surface area contributed by atoms with E-state index >= 15 is 0 Å². The molecule has 14 nitrogen and oxygen atoms in total. The Morgan fingerprint density at radius 2 is 0.702 bits per heavy atom. The van der Waals surface area contributed by atoms with Crippen molar-refractivity contribution in [1.82, 2.24) is 0 Å². The van der Waals surface area contributed by atoms with Crippen LogP contribution in [0.1, 0.15) is 12.8 Å². The first-order valence-electron chi connectivity index (χ1n) is 13.1. The van der Waals surface area contributed by atoms with Gasteiger partial charge in [-0.2, -0.15) is 96.2 Å². The fourth-order valence-corrected chi connectivity index (χ4v) is 3.37. The number of ether oxygens (including phenoxy) is 8. The van der Waals surface area contributed by atoms with E-state index in [-0.39, 0.29) is 65.6 Å². The van der Waals surface area contributed by atoms with Gasteiger partial charge in [0, 0.05) is 33.2 Å². The van der Waals surface area contributed by atoms with Gasteiger partial charge in [0.05, 0.1) is 15.9 Å². The standard InChI is InChI=1S/2C10H12F10O7S.K/c2*1-24-7(13,14)8(15,16)27-10(19,20)9(17,18)26-6(11,12)5-25-3-2-4-28(21,22)23;/h2*2-5H2,1H3,(H,21,22,23);/q;;+1/p-1. The summed E-state index contributed by atoms with van der Waals surface area (Å²) in [4.78, 5) is 0. The summed E-state index contributed by atoms with van der Waals surface area (Å²) in [5.74, 6) is -2.07. The van der Waals surface area contributed by atoms with Crippen molar-refractivity contribution in [2.75, 3.05) is 52.2 Å². The van der Waals surface area contributed by atoms with Crippen molar-refractivity contribution < 1.29 is 203 Å². The van der Waals surface area contributed by atoms with Crippen molar-refractivity contribution in [1.29, 1.82) is 0 Å². The zero-order chi connectivity index (χ0) is 45.3. The van der Waals surface area contributed by atoms with E-state index in [0.29, 0.717) is 0 Å². The van der Waals surface area contributed by atoms with E-state index in [0.717, 1.165) is 0 Å². The Balaban J connectivity index is -0.00000101. The molecule has 0 aromatic carbocycles. The maximum atomic E-state index is 13.1. The summed E-state index contributed by atoms with van der Waals surface area (Å²) in [5.41, 5.74) is 0. The van der Waals surface area contributed by atoms with E-state index in [4.69, 9.17) is 4.55 Å². The van der Waals surface area contributed by atoms with Gasteiger partial charge in [0.25, 0.3) is 10.1 Å². The van der Waals surface area contributed by atoms with Gasteiger partial charge in [-0.15, -0.1) is 0 Å². The average Bonchev–Trinajstić information content (AvgIpc) is 2.93. The molecule has 0 fully saturated rings. The molecule has 340 valence electrons. The number of hydrogen-bond acceptors (Lipinski definition) is 13. The van der Waals surface area contributed by atoms with Crippen LogP contribution in [0, 0.1) is 0 Å². The van der Waals surface area contributed by atoms with Gasteiger partial charge in [0.15, 0.2) is 0 Å². The molecular weight excluding hydrogens is 947 g/mol. The third kappa shape index (κ3) is 21.9. The normalized spacial score (nSPS) is 14.9. The van der Waals surface area contributed by atoms with Crippen LogP contribution in [0.5, 0.6) is 0 Å². The van der Waals surface area contributed by atoms with E-state index < -0.39 is 132 Å². The van der Waals surface area contributed by atoms with Gasteiger partial charge in [-0.1, -0.05) is 0 Å². The topological polar surface area (TPSA) is 185 Å². The van der Waals surface area contributed by atoms with Crippen LogP contribution in [0.4, 0.5) is 87.8 Å². The summed E-state index contributed by atoms with van der Waals surface area (Å²) in [7, 11) is -9.47. The van der Waals surface area contributed by atoms with E-state index in [1.807, 2.05) is 9.47 Å². The minimum atomic E-state index is -6.70. The Labute approximate surface area is 347 Å². The van der Waals surface area contributed by atoms with E-state index in [1.165, 1.54) is 0 Å². The first-order chi connectivity index (χ1) is 24.4. The van der Waals surface area contributed by atoms with Crippen LogP contribution in [0.3, 0.4) is 0 Å². The molecule has 0 heterocycles. The first kappa shape index (κ1) is 61.0. The van der Waals surface area contributed by atoms with Gasteiger partial charge in [0.1, 0.15) is 13.2 Å². The van der Waals surface area contributed by atoms with Crippen LogP contribution in [0.15, 0.2) is 0 Å². The summed E-state index contributed by atoms with van der Waals surface area (Å²) in [6.45, 7) is -6.27. The molecular formula is C20H23F20KO14S2. The molecule has 0 radical (unpaired) electrons. The monoisotopic (exact) mass is 970 g/mol. The molecule has 0 rings (SSSR count). The Bertz CT molecular complexity index is 1330. The summed E-state index contributed by atoms with van der Waals surface area (Å²) in [6, 6.07) is 0. The number of hydrogen-bond donors (Lipinski definition) is 1. The Morgan fingerprint density at radius 3 is 0.947 bits per heavy atom. The molecule has 0 aliphatic rings. The Hall–Kier alpha value is -0.264. The molecule has 0 bridgehead atoms. The molecule has 57 heavy (non-hydrogen) atoms. The van der Waals surface area contributed by atoms with Crippen molar-refractivity contribution in [2.24, 2.45) is 0 Å². The molecule has 0 atom stereocenters. The summed E-state index contributed by atoms with van der Waals surface area (Å²) >= 11 is 0. The summed E-state index contributed by atoms with van der Waals surface area (Å²) < 4.78 is 340. The van der Waals surface area contributed by atoms with Crippen LogP contribution in [0.25, 0.3) is 0 Å². The molecule has 0 saturated carbocycles. The van der Waals surface area contributed by atoms with E-state index in [2.05, 4.69) is 28.4 Å². The predicted molar refractivity (Wildman–Crippen MR) is 130 cm³/mol.